The molecule has 0 bridgehead atoms. The predicted molar refractivity (Wildman–Crippen MR) is 181 cm³/mol. The molecule has 2 amide bonds. The first-order chi connectivity index (χ1) is 21.5. The van der Waals surface area contributed by atoms with Crippen LogP contribution in [0.25, 0.3) is 0 Å². The van der Waals surface area contributed by atoms with Crippen LogP contribution in [0.1, 0.15) is 42.5 Å². The Morgan fingerprint density at radius 3 is 2.07 bits per heavy atom. The Bertz CT molecular complexity index is 1700. The number of carbonyl (C=O) groups is 2. The second kappa shape index (κ2) is 15.2. The van der Waals surface area contributed by atoms with Crippen LogP contribution in [-0.2, 0) is 32.6 Å². The summed E-state index contributed by atoms with van der Waals surface area (Å²) in [4.78, 5) is 30.1. The third kappa shape index (κ3) is 8.53. The number of nitrogens with zero attached hydrogens (tertiary/aromatic N) is 2. The van der Waals surface area contributed by atoms with Crippen LogP contribution in [0.5, 0.6) is 0 Å². The summed E-state index contributed by atoms with van der Waals surface area (Å²) in [5.74, 6) is -0.815. The van der Waals surface area contributed by atoms with Crippen molar-refractivity contribution in [2.75, 3.05) is 10.8 Å². The molecule has 45 heavy (non-hydrogen) atoms. The van der Waals surface area contributed by atoms with Crippen LogP contribution in [0.4, 0.5) is 5.69 Å². The normalized spacial score (nSPS) is 12.6. The summed E-state index contributed by atoms with van der Waals surface area (Å²) in [6.07, 6.45) is 0.960. The van der Waals surface area contributed by atoms with Crippen molar-refractivity contribution < 1.29 is 18.0 Å². The maximum Gasteiger partial charge on any atom is 0.264 e. The van der Waals surface area contributed by atoms with Crippen LogP contribution in [0.3, 0.4) is 0 Å². The summed E-state index contributed by atoms with van der Waals surface area (Å²) in [5, 5.41) is 3.60. The number of rotatable bonds is 13. The standard InChI is InChI=1S/C36H40ClN3O4S/c1-5-27(3)38-36(42)34(23-29-14-8-6-9-15-29)39(24-30-19-21-31(37)22-20-30)35(41)25-40(33-18-12-13-26(2)28(33)4)45(43,44)32-16-10-7-11-17-32/h6-22,27,34H,5,23-25H2,1-4H3,(H,38,42). The molecule has 236 valence electrons. The molecule has 0 radical (unpaired) electrons. The lowest BCUT2D eigenvalue weighted by Crippen LogP contribution is -2.54. The average Bonchev–Trinajstić information content (AvgIpc) is 3.04. The summed E-state index contributed by atoms with van der Waals surface area (Å²) >= 11 is 6.16. The quantitative estimate of drug-likeness (QED) is 0.175. The number of carbonyl (C=O) groups excluding carboxylic acids is 2. The highest BCUT2D eigenvalue weighted by Crippen LogP contribution is 2.29. The maximum absolute atomic E-state index is 14.6. The van der Waals surface area contributed by atoms with Crippen LogP contribution in [0, 0.1) is 13.8 Å². The van der Waals surface area contributed by atoms with E-state index in [2.05, 4.69) is 5.32 Å². The molecule has 0 aliphatic carbocycles. The van der Waals surface area contributed by atoms with Crippen LogP contribution in [-0.4, -0.2) is 43.8 Å². The third-order valence-corrected chi connectivity index (χ3v) is 10.0. The van der Waals surface area contributed by atoms with Gasteiger partial charge in [0.05, 0.1) is 10.6 Å². The number of benzene rings is 4. The summed E-state index contributed by atoms with van der Waals surface area (Å²) in [5.41, 5.74) is 3.66. The van der Waals surface area contributed by atoms with Gasteiger partial charge in [-0.3, -0.25) is 13.9 Å². The van der Waals surface area contributed by atoms with E-state index in [1.807, 2.05) is 64.1 Å². The summed E-state index contributed by atoms with van der Waals surface area (Å²) < 4.78 is 29.5. The Hall–Kier alpha value is -4.14. The van der Waals surface area contributed by atoms with Gasteiger partial charge in [-0.1, -0.05) is 91.3 Å². The number of hydrogen-bond donors (Lipinski definition) is 1. The van der Waals surface area contributed by atoms with E-state index in [-0.39, 0.29) is 29.8 Å². The average molecular weight is 646 g/mol. The molecule has 0 aliphatic heterocycles. The first-order valence-corrected chi connectivity index (χ1v) is 16.8. The van der Waals surface area contributed by atoms with Gasteiger partial charge in [-0.2, -0.15) is 0 Å². The molecule has 4 aromatic rings. The highest BCUT2D eigenvalue weighted by atomic mass is 35.5. The minimum absolute atomic E-state index is 0.0679. The SMILES string of the molecule is CCC(C)NC(=O)C(Cc1ccccc1)N(Cc1ccc(Cl)cc1)C(=O)CN(c1cccc(C)c1C)S(=O)(=O)c1ccccc1. The zero-order valence-electron chi connectivity index (χ0n) is 26.1. The van der Waals surface area contributed by atoms with E-state index < -0.39 is 28.5 Å². The van der Waals surface area contributed by atoms with Gasteiger partial charge in [0.1, 0.15) is 12.6 Å². The molecule has 0 aliphatic rings. The summed E-state index contributed by atoms with van der Waals surface area (Å²) in [7, 11) is -4.16. The second-order valence-electron chi connectivity index (χ2n) is 11.2. The first-order valence-electron chi connectivity index (χ1n) is 15.0. The molecule has 4 aromatic carbocycles. The fourth-order valence-corrected chi connectivity index (χ4v) is 6.64. The fourth-order valence-electron chi connectivity index (χ4n) is 5.02. The van der Waals surface area contributed by atoms with Crippen molar-refractivity contribution >= 4 is 39.1 Å². The molecule has 2 atom stereocenters. The van der Waals surface area contributed by atoms with E-state index in [1.54, 1.807) is 54.6 Å². The molecule has 4 rings (SSSR count). The van der Waals surface area contributed by atoms with Crippen molar-refractivity contribution in [2.24, 2.45) is 0 Å². The molecule has 7 nitrogen and oxygen atoms in total. The number of nitrogens with one attached hydrogen (secondary N) is 1. The number of amides is 2. The monoisotopic (exact) mass is 645 g/mol. The van der Waals surface area contributed by atoms with Crippen LogP contribution in [0.15, 0.2) is 108 Å². The van der Waals surface area contributed by atoms with Gasteiger partial charge in [0.15, 0.2) is 0 Å². The molecule has 0 saturated carbocycles. The summed E-state index contributed by atoms with van der Waals surface area (Å²) in [6.45, 7) is 7.20. The van der Waals surface area contributed by atoms with Crippen molar-refractivity contribution in [1.82, 2.24) is 10.2 Å². The minimum Gasteiger partial charge on any atom is -0.352 e. The minimum atomic E-state index is -4.16. The van der Waals surface area contributed by atoms with Gasteiger partial charge in [-0.15, -0.1) is 0 Å². The largest absolute Gasteiger partial charge is 0.352 e. The second-order valence-corrected chi connectivity index (χ2v) is 13.5. The van der Waals surface area contributed by atoms with E-state index in [4.69, 9.17) is 11.6 Å². The van der Waals surface area contributed by atoms with Gasteiger partial charge in [-0.05, 0) is 79.8 Å². The number of aryl methyl sites for hydroxylation is 1. The first kappa shape index (κ1) is 33.7. The fraction of sp³-hybridized carbons (Fsp3) is 0.278. The molecule has 9 heteroatoms. The number of halogens is 1. The van der Waals surface area contributed by atoms with E-state index in [0.29, 0.717) is 17.1 Å². The van der Waals surface area contributed by atoms with Gasteiger partial charge in [0.2, 0.25) is 11.8 Å². The Kier molecular flexibility index (Phi) is 11.4. The Balaban J connectivity index is 1.83. The van der Waals surface area contributed by atoms with Gasteiger partial charge >= 0.3 is 0 Å². The van der Waals surface area contributed by atoms with Crippen LogP contribution < -0.4 is 9.62 Å². The van der Waals surface area contributed by atoms with Gasteiger partial charge < -0.3 is 10.2 Å². The Labute approximate surface area is 271 Å². The van der Waals surface area contributed by atoms with E-state index in [1.165, 1.54) is 17.0 Å². The lowest BCUT2D eigenvalue weighted by molar-refractivity contribution is -0.140. The van der Waals surface area contributed by atoms with Gasteiger partial charge in [0.25, 0.3) is 10.0 Å². The van der Waals surface area contributed by atoms with E-state index in [0.717, 1.165) is 26.6 Å². The number of hydrogen-bond acceptors (Lipinski definition) is 4. The lowest BCUT2D eigenvalue weighted by atomic mass is 10.0. The lowest BCUT2D eigenvalue weighted by Gasteiger charge is -2.34. The number of anilines is 1. The smallest absolute Gasteiger partial charge is 0.264 e. The van der Waals surface area contributed by atoms with E-state index in [9.17, 15) is 18.0 Å². The highest BCUT2D eigenvalue weighted by Gasteiger charge is 2.35. The molecule has 0 aromatic heterocycles. The predicted octanol–water partition coefficient (Wildman–Crippen LogP) is 6.71. The van der Waals surface area contributed by atoms with Crippen molar-refractivity contribution in [2.45, 2.75) is 64.1 Å². The topological polar surface area (TPSA) is 86.8 Å². The van der Waals surface area contributed by atoms with Crippen LogP contribution in [0.2, 0.25) is 5.02 Å². The van der Waals surface area contributed by atoms with Crippen molar-refractivity contribution in [1.29, 1.82) is 0 Å². The van der Waals surface area contributed by atoms with Gasteiger partial charge in [0, 0.05) is 24.0 Å². The Morgan fingerprint density at radius 1 is 0.822 bits per heavy atom. The van der Waals surface area contributed by atoms with Gasteiger partial charge in [-0.25, -0.2) is 8.42 Å². The zero-order chi connectivity index (χ0) is 32.6. The van der Waals surface area contributed by atoms with Crippen molar-refractivity contribution in [3.63, 3.8) is 0 Å². The molecule has 0 heterocycles. The maximum atomic E-state index is 14.6. The van der Waals surface area contributed by atoms with Crippen molar-refractivity contribution in [3.05, 3.63) is 130 Å². The molecule has 0 spiro atoms. The molecule has 0 saturated heterocycles. The summed E-state index contributed by atoms with van der Waals surface area (Å²) in [6, 6.07) is 29.0. The Morgan fingerprint density at radius 2 is 1.44 bits per heavy atom. The van der Waals surface area contributed by atoms with Crippen molar-refractivity contribution in [3.8, 4) is 0 Å². The van der Waals surface area contributed by atoms with Crippen LogP contribution >= 0.6 is 11.6 Å². The van der Waals surface area contributed by atoms with E-state index >= 15 is 0 Å². The number of sulfonamides is 1. The zero-order valence-corrected chi connectivity index (χ0v) is 27.7. The molecule has 2 unspecified atom stereocenters. The molecule has 0 fully saturated rings. The molecular weight excluding hydrogens is 606 g/mol. The molecular formula is C36H40ClN3O4S. The third-order valence-electron chi connectivity index (χ3n) is 7.99. The highest BCUT2D eigenvalue weighted by molar-refractivity contribution is 7.92. The molecule has 1 N–H and O–H groups in total.